The number of nitrogens with zero attached hydrogens (tertiary/aromatic N) is 2. The molecule has 0 unspecified atom stereocenters. The smallest absolute Gasteiger partial charge is 0.260 e. The number of hydrogen-bond acceptors (Lipinski definition) is 4. The van der Waals surface area contributed by atoms with E-state index in [4.69, 9.17) is 4.74 Å². The van der Waals surface area contributed by atoms with Gasteiger partial charge >= 0.3 is 0 Å². The molecule has 15 heavy (non-hydrogen) atoms. The lowest BCUT2D eigenvalue weighted by Crippen LogP contribution is -2.39. The summed E-state index contributed by atoms with van der Waals surface area (Å²) in [5.41, 5.74) is 3.20. The van der Waals surface area contributed by atoms with Crippen molar-refractivity contribution in [3.63, 3.8) is 0 Å². The van der Waals surface area contributed by atoms with Crippen molar-refractivity contribution in [2.24, 2.45) is 5.10 Å². The fourth-order valence-electron chi connectivity index (χ4n) is 1.42. The quantitative estimate of drug-likeness (QED) is 0.768. The monoisotopic (exact) mass is 205 g/mol. The van der Waals surface area contributed by atoms with Crippen LogP contribution in [0.1, 0.15) is 0 Å². The van der Waals surface area contributed by atoms with Gasteiger partial charge in [0.15, 0.2) is 0 Å². The average molecular weight is 205 g/mol. The summed E-state index contributed by atoms with van der Waals surface area (Å²) in [5.74, 6) is 0.585. The van der Waals surface area contributed by atoms with Gasteiger partial charge in [-0.15, -0.1) is 0 Å². The molecule has 0 bridgehead atoms. The number of hydrogen-bond donors (Lipinski definition) is 1. The van der Waals surface area contributed by atoms with Crippen molar-refractivity contribution in [1.82, 2.24) is 5.43 Å². The van der Waals surface area contributed by atoms with Crippen LogP contribution in [0.2, 0.25) is 0 Å². The molecule has 0 aromatic heterocycles. The number of hydrazone groups is 1. The maximum absolute atomic E-state index is 11.1. The Bertz CT molecular complexity index is 403. The summed E-state index contributed by atoms with van der Waals surface area (Å²) in [6.45, 7) is 0.254. The molecule has 0 saturated carbocycles. The highest BCUT2D eigenvalue weighted by Gasteiger charge is 2.16. The Kier molecular flexibility index (Phi) is 2.53. The molecule has 1 N–H and O–H groups in total. The number of amides is 1. The fourth-order valence-corrected chi connectivity index (χ4v) is 1.42. The van der Waals surface area contributed by atoms with Crippen LogP contribution in [-0.4, -0.2) is 25.9 Å². The SMILES string of the molecule is COc1ccccc1N1C=NNC(=O)C1. The zero-order valence-corrected chi connectivity index (χ0v) is 8.30. The van der Waals surface area contributed by atoms with Gasteiger partial charge in [0.05, 0.1) is 12.8 Å². The third kappa shape index (κ3) is 1.90. The molecule has 0 radical (unpaired) electrons. The lowest BCUT2D eigenvalue weighted by molar-refractivity contribution is -0.119. The van der Waals surface area contributed by atoms with Gasteiger partial charge in [-0.2, -0.15) is 5.10 Å². The van der Waals surface area contributed by atoms with Crippen LogP contribution < -0.4 is 15.1 Å². The van der Waals surface area contributed by atoms with Gasteiger partial charge in [0.25, 0.3) is 5.91 Å². The molecule has 5 heteroatoms. The minimum Gasteiger partial charge on any atom is -0.495 e. The molecule has 1 aromatic carbocycles. The Morgan fingerprint density at radius 1 is 1.47 bits per heavy atom. The van der Waals surface area contributed by atoms with Gasteiger partial charge < -0.3 is 9.64 Å². The second-order valence-corrected chi connectivity index (χ2v) is 3.08. The van der Waals surface area contributed by atoms with Crippen LogP contribution in [0, 0.1) is 0 Å². The van der Waals surface area contributed by atoms with E-state index in [-0.39, 0.29) is 12.5 Å². The predicted molar refractivity (Wildman–Crippen MR) is 57.0 cm³/mol. The summed E-state index contributed by atoms with van der Waals surface area (Å²) in [6, 6.07) is 7.49. The van der Waals surface area contributed by atoms with Crippen LogP contribution in [0.4, 0.5) is 5.69 Å². The van der Waals surface area contributed by atoms with Crippen molar-refractivity contribution in [1.29, 1.82) is 0 Å². The van der Waals surface area contributed by atoms with Gasteiger partial charge in [-0.25, -0.2) is 5.43 Å². The molecular weight excluding hydrogens is 194 g/mol. The minimum absolute atomic E-state index is 0.136. The van der Waals surface area contributed by atoms with Crippen LogP contribution in [0.15, 0.2) is 29.4 Å². The van der Waals surface area contributed by atoms with E-state index in [1.54, 1.807) is 18.3 Å². The summed E-state index contributed by atoms with van der Waals surface area (Å²) in [6.07, 6.45) is 1.57. The Morgan fingerprint density at radius 2 is 2.27 bits per heavy atom. The Morgan fingerprint density at radius 3 is 3.00 bits per heavy atom. The van der Waals surface area contributed by atoms with Crippen LogP contribution >= 0.6 is 0 Å². The van der Waals surface area contributed by atoms with Crippen molar-refractivity contribution in [3.8, 4) is 5.75 Å². The third-order valence-corrected chi connectivity index (χ3v) is 2.09. The zero-order valence-electron chi connectivity index (χ0n) is 8.30. The van der Waals surface area contributed by atoms with Crippen LogP contribution in [-0.2, 0) is 4.79 Å². The third-order valence-electron chi connectivity index (χ3n) is 2.09. The van der Waals surface area contributed by atoms with Crippen LogP contribution in [0.3, 0.4) is 0 Å². The number of carbonyl (C=O) groups excluding carboxylic acids is 1. The molecule has 2 rings (SSSR count). The average Bonchev–Trinajstić information content (AvgIpc) is 2.29. The van der Waals surface area contributed by atoms with E-state index in [1.807, 2.05) is 24.3 Å². The number of para-hydroxylation sites is 2. The van der Waals surface area contributed by atoms with Gasteiger partial charge in [0, 0.05) is 0 Å². The molecule has 1 heterocycles. The maximum atomic E-state index is 11.1. The van der Waals surface area contributed by atoms with Gasteiger partial charge in [-0.3, -0.25) is 4.79 Å². The summed E-state index contributed by atoms with van der Waals surface area (Å²) in [4.78, 5) is 12.9. The summed E-state index contributed by atoms with van der Waals surface area (Å²) in [5, 5.41) is 3.74. The van der Waals surface area contributed by atoms with Crippen molar-refractivity contribution in [2.75, 3.05) is 18.6 Å². The first-order valence-corrected chi connectivity index (χ1v) is 4.53. The number of carbonyl (C=O) groups is 1. The predicted octanol–water partition coefficient (Wildman–Crippen LogP) is 0.575. The minimum atomic E-state index is -0.136. The lowest BCUT2D eigenvalue weighted by atomic mass is 10.2. The topological polar surface area (TPSA) is 53.9 Å². The fraction of sp³-hybridized carbons (Fsp3) is 0.200. The van der Waals surface area contributed by atoms with E-state index in [2.05, 4.69) is 10.5 Å². The number of anilines is 1. The van der Waals surface area contributed by atoms with E-state index in [0.29, 0.717) is 0 Å². The van der Waals surface area contributed by atoms with Gasteiger partial charge in [0.2, 0.25) is 0 Å². The number of rotatable bonds is 2. The molecule has 0 fully saturated rings. The Balaban J connectivity index is 2.32. The van der Waals surface area contributed by atoms with Crippen LogP contribution in [0.5, 0.6) is 5.75 Å². The molecule has 0 spiro atoms. The first-order valence-electron chi connectivity index (χ1n) is 4.53. The largest absolute Gasteiger partial charge is 0.495 e. The molecule has 5 nitrogen and oxygen atoms in total. The molecule has 1 aliphatic rings. The molecule has 1 aromatic rings. The first kappa shape index (κ1) is 9.51. The number of methoxy groups -OCH3 is 1. The van der Waals surface area contributed by atoms with Crippen molar-refractivity contribution < 1.29 is 9.53 Å². The normalized spacial score (nSPS) is 15.0. The van der Waals surface area contributed by atoms with E-state index in [0.717, 1.165) is 11.4 Å². The van der Waals surface area contributed by atoms with E-state index in [9.17, 15) is 4.79 Å². The number of nitrogens with one attached hydrogen (secondary N) is 1. The van der Waals surface area contributed by atoms with E-state index in [1.165, 1.54) is 0 Å². The summed E-state index contributed by atoms with van der Waals surface area (Å²) in [7, 11) is 1.60. The molecule has 0 saturated heterocycles. The summed E-state index contributed by atoms with van der Waals surface area (Å²) >= 11 is 0. The van der Waals surface area contributed by atoms with Crippen molar-refractivity contribution in [3.05, 3.63) is 24.3 Å². The maximum Gasteiger partial charge on any atom is 0.260 e. The Labute approximate surface area is 87.3 Å². The van der Waals surface area contributed by atoms with Crippen molar-refractivity contribution in [2.45, 2.75) is 0 Å². The van der Waals surface area contributed by atoms with Gasteiger partial charge in [-0.1, -0.05) is 12.1 Å². The molecule has 1 aliphatic heterocycles. The molecule has 1 amide bonds. The Hall–Kier alpha value is -2.04. The van der Waals surface area contributed by atoms with Gasteiger partial charge in [0.1, 0.15) is 18.6 Å². The standard InChI is InChI=1S/C10H11N3O2/c1-15-9-5-3-2-4-8(9)13-6-10(14)12-11-7-13/h2-5,7H,6H2,1H3,(H,12,14). The summed E-state index contributed by atoms with van der Waals surface area (Å²) < 4.78 is 5.20. The highest BCUT2D eigenvalue weighted by molar-refractivity contribution is 5.94. The molecule has 78 valence electrons. The van der Waals surface area contributed by atoms with E-state index < -0.39 is 0 Å². The lowest BCUT2D eigenvalue weighted by Gasteiger charge is -2.23. The second-order valence-electron chi connectivity index (χ2n) is 3.08. The highest BCUT2D eigenvalue weighted by atomic mass is 16.5. The molecular formula is C10H11N3O2. The highest BCUT2D eigenvalue weighted by Crippen LogP contribution is 2.26. The number of ether oxygens (including phenoxy) is 1. The van der Waals surface area contributed by atoms with Crippen LogP contribution in [0.25, 0.3) is 0 Å². The van der Waals surface area contributed by atoms with Gasteiger partial charge in [-0.05, 0) is 12.1 Å². The number of benzene rings is 1. The van der Waals surface area contributed by atoms with Crippen molar-refractivity contribution >= 4 is 17.9 Å². The zero-order chi connectivity index (χ0) is 10.7. The second kappa shape index (κ2) is 4.00. The van der Waals surface area contributed by atoms with E-state index >= 15 is 0 Å². The molecule has 0 atom stereocenters. The molecule has 0 aliphatic carbocycles. The first-order chi connectivity index (χ1) is 7.31.